The van der Waals surface area contributed by atoms with E-state index in [2.05, 4.69) is 29.2 Å². The number of aryl methyl sites for hydroxylation is 1. The molecule has 0 bridgehead atoms. The molecule has 1 heterocycles. The standard InChI is InChI=1S/C15H18N2O/c1-12-15(3-2-10-17-12)18-11-14-6-4-13(5-7-14)8-9-16/h2-7,10H,8-9,11,16H2,1H3. The molecular weight excluding hydrogens is 224 g/mol. The summed E-state index contributed by atoms with van der Waals surface area (Å²) in [6.07, 6.45) is 2.69. The monoisotopic (exact) mass is 242 g/mol. The summed E-state index contributed by atoms with van der Waals surface area (Å²) in [6, 6.07) is 12.2. The van der Waals surface area contributed by atoms with E-state index in [1.54, 1.807) is 6.20 Å². The minimum Gasteiger partial charge on any atom is -0.487 e. The molecule has 2 aromatic rings. The fraction of sp³-hybridized carbons (Fsp3) is 0.267. The molecule has 0 aliphatic carbocycles. The van der Waals surface area contributed by atoms with Gasteiger partial charge in [-0.15, -0.1) is 0 Å². The second-order valence-electron chi connectivity index (χ2n) is 4.23. The minimum atomic E-state index is 0.565. The van der Waals surface area contributed by atoms with Gasteiger partial charge in [-0.1, -0.05) is 24.3 Å². The van der Waals surface area contributed by atoms with Crippen molar-refractivity contribution < 1.29 is 4.74 Å². The molecule has 0 spiro atoms. The van der Waals surface area contributed by atoms with Crippen LogP contribution >= 0.6 is 0 Å². The molecule has 2 N–H and O–H groups in total. The minimum absolute atomic E-state index is 0.565. The SMILES string of the molecule is Cc1ncccc1OCc1ccc(CCN)cc1. The Balaban J connectivity index is 1.96. The van der Waals surface area contributed by atoms with E-state index in [0.29, 0.717) is 13.2 Å². The fourth-order valence-corrected chi connectivity index (χ4v) is 1.75. The first-order chi connectivity index (χ1) is 8.79. The quantitative estimate of drug-likeness (QED) is 0.876. The molecule has 0 saturated carbocycles. The average Bonchev–Trinajstić information content (AvgIpc) is 2.40. The van der Waals surface area contributed by atoms with Gasteiger partial charge in [0.2, 0.25) is 0 Å². The van der Waals surface area contributed by atoms with Crippen LogP contribution in [0.15, 0.2) is 42.6 Å². The highest BCUT2D eigenvalue weighted by Gasteiger charge is 2.00. The largest absolute Gasteiger partial charge is 0.487 e. The number of benzene rings is 1. The first-order valence-corrected chi connectivity index (χ1v) is 6.12. The van der Waals surface area contributed by atoms with Gasteiger partial charge >= 0.3 is 0 Å². The van der Waals surface area contributed by atoms with Crippen LogP contribution in [0.3, 0.4) is 0 Å². The predicted octanol–water partition coefficient (Wildman–Crippen LogP) is 2.47. The molecule has 0 saturated heterocycles. The molecule has 0 aliphatic rings. The van der Waals surface area contributed by atoms with Gasteiger partial charge < -0.3 is 10.5 Å². The second-order valence-corrected chi connectivity index (χ2v) is 4.23. The Morgan fingerprint density at radius 1 is 1.11 bits per heavy atom. The Morgan fingerprint density at radius 3 is 2.50 bits per heavy atom. The molecule has 0 fully saturated rings. The van der Waals surface area contributed by atoms with Gasteiger partial charge in [0.15, 0.2) is 0 Å². The number of nitrogens with two attached hydrogens (primary N) is 1. The van der Waals surface area contributed by atoms with Crippen molar-refractivity contribution in [2.24, 2.45) is 5.73 Å². The van der Waals surface area contributed by atoms with E-state index in [-0.39, 0.29) is 0 Å². The Hall–Kier alpha value is -1.87. The fourth-order valence-electron chi connectivity index (χ4n) is 1.75. The number of hydrogen-bond acceptors (Lipinski definition) is 3. The van der Waals surface area contributed by atoms with Gasteiger partial charge in [-0.05, 0) is 43.1 Å². The summed E-state index contributed by atoms with van der Waals surface area (Å²) >= 11 is 0. The maximum absolute atomic E-state index is 5.74. The highest BCUT2D eigenvalue weighted by Crippen LogP contribution is 2.15. The van der Waals surface area contributed by atoms with Gasteiger partial charge in [0.25, 0.3) is 0 Å². The number of pyridine rings is 1. The summed E-state index contributed by atoms with van der Waals surface area (Å²) in [5.74, 6) is 0.837. The summed E-state index contributed by atoms with van der Waals surface area (Å²) in [5, 5.41) is 0. The second kappa shape index (κ2) is 6.17. The summed E-state index contributed by atoms with van der Waals surface area (Å²) in [7, 11) is 0. The van der Waals surface area contributed by atoms with E-state index in [1.807, 2.05) is 19.1 Å². The molecule has 2 rings (SSSR count). The molecule has 0 radical (unpaired) electrons. The van der Waals surface area contributed by atoms with Crippen molar-refractivity contribution in [1.29, 1.82) is 0 Å². The van der Waals surface area contributed by atoms with Crippen molar-refractivity contribution in [2.45, 2.75) is 20.0 Å². The summed E-state index contributed by atoms with van der Waals surface area (Å²) in [5.41, 5.74) is 8.85. The molecule has 0 aliphatic heterocycles. The lowest BCUT2D eigenvalue weighted by atomic mass is 10.1. The van der Waals surface area contributed by atoms with Crippen LogP contribution in [0.4, 0.5) is 0 Å². The first kappa shape index (κ1) is 12.6. The zero-order chi connectivity index (χ0) is 12.8. The highest BCUT2D eigenvalue weighted by molar-refractivity contribution is 5.27. The summed E-state index contributed by atoms with van der Waals surface area (Å²) in [6.45, 7) is 3.19. The Bertz CT molecular complexity index is 494. The van der Waals surface area contributed by atoms with Crippen molar-refractivity contribution in [1.82, 2.24) is 4.98 Å². The third-order valence-corrected chi connectivity index (χ3v) is 2.81. The van der Waals surface area contributed by atoms with Crippen molar-refractivity contribution in [3.63, 3.8) is 0 Å². The number of rotatable bonds is 5. The third-order valence-electron chi connectivity index (χ3n) is 2.81. The van der Waals surface area contributed by atoms with Gasteiger partial charge in [0.05, 0.1) is 5.69 Å². The van der Waals surface area contributed by atoms with E-state index in [4.69, 9.17) is 10.5 Å². The summed E-state index contributed by atoms with van der Waals surface area (Å²) in [4.78, 5) is 4.19. The van der Waals surface area contributed by atoms with E-state index in [0.717, 1.165) is 23.4 Å². The van der Waals surface area contributed by atoms with Crippen molar-refractivity contribution >= 4 is 0 Å². The molecule has 1 aromatic heterocycles. The number of ether oxygens (including phenoxy) is 1. The average molecular weight is 242 g/mol. The van der Waals surface area contributed by atoms with Crippen LogP contribution < -0.4 is 10.5 Å². The number of hydrogen-bond donors (Lipinski definition) is 1. The Morgan fingerprint density at radius 2 is 1.83 bits per heavy atom. The lowest BCUT2D eigenvalue weighted by molar-refractivity contribution is 0.302. The van der Waals surface area contributed by atoms with Crippen molar-refractivity contribution in [3.8, 4) is 5.75 Å². The van der Waals surface area contributed by atoms with Crippen LogP contribution in [0.1, 0.15) is 16.8 Å². The zero-order valence-electron chi connectivity index (χ0n) is 10.6. The molecule has 3 heteroatoms. The Kier molecular flexibility index (Phi) is 4.31. The molecule has 0 unspecified atom stereocenters. The molecule has 3 nitrogen and oxygen atoms in total. The van der Waals surface area contributed by atoms with Crippen LogP contribution in [-0.4, -0.2) is 11.5 Å². The van der Waals surface area contributed by atoms with Gasteiger partial charge in [-0.25, -0.2) is 0 Å². The molecule has 0 amide bonds. The number of nitrogens with zero attached hydrogens (tertiary/aromatic N) is 1. The van der Waals surface area contributed by atoms with E-state index in [9.17, 15) is 0 Å². The Labute approximate surface area is 108 Å². The summed E-state index contributed by atoms with van der Waals surface area (Å²) < 4.78 is 5.74. The predicted molar refractivity (Wildman–Crippen MR) is 72.5 cm³/mol. The van der Waals surface area contributed by atoms with Crippen LogP contribution in [0.25, 0.3) is 0 Å². The van der Waals surface area contributed by atoms with E-state index in [1.165, 1.54) is 5.56 Å². The van der Waals surface area contributed by atoms with Gasteiger partial charge in [0.1, 0.15) is 12.4 Å². The number of aromatic nitrogens is 1. The van der Waals surface area contributed by atoms with Gasteiger partial charge in [-0.3, -0.25) is 4.98 Å². The van der Waals surface area contributed by atoms with Crippen LogP contribution in [0.2, 0.25) is 0 Å². The van der Waals surface area contributed by atoms with Crippen molar-refractivity contribution in [3.05, 3.63) is 59.4 Å². The maximum atomic E-state index is 5.74. The first-order valence-electron chi connectivity index (χ1n) is 6.12. The van der Waals surface area contributed by atoms with E-state index >= 15 is 0 Å². The molecule has 1 aromatic carbocycles. The van der Waals surface area contributed by atoms with Gasteiger partial charge in [-0.2, -0.15) is 0 Å². The highest BCUT2D eigenvalue weighted by atomic mass is 16.5. The van der Waals surface area contributed by atoms with Crippen molar-refractivity contribution in [2.75, 3.05) is 6.54 Å². The lowest BCUT2D eigenvalue weighted by Crippen LogP contribution is -2.03. The molecule has 0 atom stereocenters. The van der Waals surface area contributed by atoms with Gasteiger partial charge in [0, 0.05) is 6.20 Å². The lowest BCUT2D eigenvalue weighted by Gasteiger charge is -2.08. The third kappa shape index (κ3) is 3.31. The zero-order valence-corrected chi connectivity index (χ0v) is 10.6. The molecular formula is C15H18N2O. The molecule has 94 valence electrons. The van der Waals surface area contributed by atoms with Crippen LogP contribution in [-0.2, 0) is 13.0 Å². The molecule has 18 heavy (non-hydrogen) atoms. The normalized spacial score (nSPS) is 10.3. The smallest absolute Gasteiger partial charge is 0.141 e. The van der Waals surface area contributed by atoms with Crippen LogP contribution in [0, 0.1) is 6.92 Å². The van der Waals surface area contributed by atoms with E-state index < -0.39 is 0 Å². The maximum Gasteiger partial charge on any atom is 0.141 e. The topological polar surface area (TPSA) is 48.1 Å². The van der Waals surface area contributed by atoms with Crippen LogP contribution in [0.5, 0.6) is 5.75 Å².